The van der Waals surface area contributed by atoms with Crippen LogP contribution >= 0.6 is 0 Å². The summed E-state index contributed by atoms with van der Waals surface area (Å²) in [6.07, 6.45) is 5.47. The minimum absolute atomic E-state index is 0.0842. The molecule has 4 nitrogen and oxygen atoms in total. The van der Waals surface area contributed by atoms with Gasteiger partial charge in [-0.25, -0.2) is 8.96 Å². The molecule has 2 atom stereocenters. The number of allylic oxidation sites excluding steroid dienone is 1. The van der Waals surface area contributed by atoms with Gasteiger partial charge in [-0.1, -0.05) is 125 Å². The van der Waals surface area contributed by atoms with Crippen LogP contribution in [-0.4, -0.2) is 16.3 Å². The summed E-state index contributed by atoms with van der Waals surface area (Å²) in [6, 6.07) is 50.6. The smallest absolute Gasteiger partial charge is 0.295 e. The summed E-state index contributed by atoms with van der Waals surface area (Å²) >= 11 is 0. The molecule has 2 unspecified atom stereocenters. The molecule has 0 aliphatic carbocycles. The Kier molecular flexibility index (Phi) is 10.6. The number of rotatable bonds is 11. The molecule has 0 fully saturated rings. The van der Waals surface area contributed by atoms with Gasteiger partial charge in [0.25, 0.3) is 5.82 Å². The summed E-state index contributed by atoms with van der Waals surface area (Å²) in [6.45, 7) is 17.6. The highest BCUT2D eigenvalue weighted by Crippen LogP contribution is 2.44. The van der Waals surface area contributed by atoms with E-state index in [2.05, 4.69) is 172 Å². The average molecular weight is 839 g/mol. The molecule has 2 aromatic heterocycles. The number of fused-ring (bicyclic) bond motifs is 5. The van der Waals surface area contributed by atoms with E-state index in [9.17, 15) is 4.39 Å². The number of imidazole rings is 1. The second-order valence-corrected chi connectivity index (χ2v) is 17.9. The van der Waals surface area contributed by atoms with E-state index in [-0.39, 0.29) is 29.6 Å². The number of furan rings is 1. The van der Waals surface area contributed by atoms with Crippen LogP contribution in [0.15, 0.2) is 180 Å². The minimum Gasteiger partial charge on any atom is -0.456 e. The molecule has 1 aliphatic rings. The molecule has 64 heavy (non-hydrogen) atoms. The van der Waals surface area contributed by atoms with Gasteiger partial charge in [0.15, 0.2) is 11.0 Å². The molecule has 0 saturated heterocycles. The molecule has 9 aromatic rings. The monoisotopic (exact) mass is 838 g/mol. The Bertz CT molecular complexity index is 3260. The first-order valence-electron chi connectivity index (χ1n) is 22.5. The fourth-order valence-electron chi connectivity index (χ4n) is 10.1. The SMILES string of the molecule is C=CC1=NC(C=C)C(CCc2cc3oc4ccc(-c5ccc(F)cc5)cc4c3cc2-c2n(-c3c(C(C)C)cc(-c4ccccc4)cc3C(C)C)c3ccccc3[n+]2C)c2ccccc21. The quantitative estimate of drug-likeness (QED) is 0.0944. The number of para-hydroxylation sites is 2. The average Bonchev–Trinajstić information content (AvgIpc) is 3.83. The lowest BCUT2D eigenvalue weighted by atomic mass is 9.80. The van der Waals surface area contributed by atoms with Gasteiger partial charge in [0.2, 0.25) is 0 Å². The van der Waals surface area contributed by atoms with E-state index >= 15 is 0 Å². The van der Waals surface area contributed by atoms with Gasteiger partial charge in [0.05, 0.1) is 24.4 Å². The number of aliphatic imine (C=N–C) groups is 1. The highest BCUT2D eigenvalue weighted by molar-refractivity contribution is 6.10. The first-order chi connectivity index (χ1) is 31.1. The van der Waals surface area contributed by atoms with Gasteiger partial charge >= 0.3 is 0 Å². The van der Waals surface area contributed by atoms with Crippen LogP contribution in [-0.2, 0) is 13.5 Å². The standard InChI is InChI=1S/C59H53FN3O/c1-8-52-45-20-14-13-19-44(45)46(53(9-2)61-52)29-25-41-34-57-51(50-31-40(26-30-56(50)64-57)39-23-27-43(60)28-24-39)35-49(41)59-62(7)54-21-15-16-22-55(54)63(59)58-47(36(3)4)32-42(33-48(58)37(5)6)38-17-11-10-12-18-38/h8-24,26-28,30-37,46,53H,1-2,25,29H2,3-7H3/q+1. The molecule has 5 heteroatoms. The molecular weight excluding hydrogens is 786 g/mol. The van der Waals surface area contributed by atoms with Crippen molar-refractivity contribution >= 4 is 38.7 Å². The van der Waals surface area contributed by atoms with E-state index in [1.165, 1.54) is 51.2 Å². The fourth-order valence-corrected chi connectivity index (χ4v) is 10.1. The Balaban J connectivity index is 1.25. The van der Waals surface area contributed by atoms with Crippen molar-refractivity contribution in [1.82, 2.24) is 4.57 Å². The van der Waals surface area contributed by atoms with E-state index in [1.807, 2.05) is 30.4 Å². The Labute approximate surface area is 375 Å². The topological polar surface area (TPSA) is 34.3 Å². The molecule has 7 aromatic carbocycles. The Morgan fingerprint density at radius 2 is 1.34 bits per heavy atom. The zero-order chi connectivity index (χ0) is 44.2. The summed E-state index contributed by atoms with van der Waals surface area (Å²) < 4.78 is 25.7. The second-order valence-electron chi connectivity index (χ2n) is 17.9. The lowest BCUT2D eigenvalue weighted by Crippen LogP contribution is -2.31. The van der Waals surface area contributed by atoms with Gasteiger partial charge in [-0.15, -0.1) is 6.58 Å². The molecule has 0 spiro atoms. The lowest BCUT2D eigenvalue weighted by molar-refractivity contribution is -0.633. The van der Waals surface area contributed by atoms with Crippen molar-refractivity contribution < 1.29 is 13.4 Å². The van der Waals surface area contributed by atoms with Crippen LogP contribution in [0.25, 0.3) is 72.3 Å². The van der Waals surface area contributed by atoms with E-state index in [0.717, 1.165) is 79.6 Å². The van der Waals surface area contributed by atoms with E-state index < -0.39 is 0 Å². The van der Waals surface area contributed by atoms with Crippen LogP contribution < -0.4 is 4.57 Å². The van der Waals surface area contributed by atoms with Gasteiger partial charge in [-0.2, -0.15) is 4.57 Å². The zero-order valence-corrected chi connectivity index (χ0v) is 37.3. The van der Waals surface area contributed by atoms with Crippen LogP contribution in [0.4, 0.5) is 4.39 Å². The highest BCUT2D eigenvalue weighted by Gasteiger charge is 2.34. The number of hydrogen-bond acceptors (Lipinski definition) is 2. The van der Waals surface area contributed by atoms with Gasteiger partial charge in [0.1, 0.15) is 22.7 Å². The molecule has 10 rings (SSSR count). The first-order valence-corrected chi connectivity index (χ1v) is 22.5. The summed E-state index contributed by atoms with van der Waals surface area (Å²) in [5.74, 6) is 1.46. The molecule has 3 heterocycles. The number of aromatic nitrogens is 2. The summed E-state index contributed by atoms with van der Waals surface area (Å²) in [4.78, 5) is 5.16. The number of hydrogen-bond donors (Lipinski definition) is 0. The third-order valence-corrected chi connectivity index (χ3v) is 13.4. The predicted octanol–water partition coefficient (Wildman–Crippen LogP) is 15.0. The van der Waals surface area contributed by atoms with Crippen molar-refractivity contribution in [3.05, 3.63) is 205 Å². The van der Waals surface area contributed by atoms with Crippen LogP contribution in [0.5, 0.6) is 0 Å². The lowest BCUT2D eigenvalue weighted by Gasteiger charge is -2.30. The molecule has 0 saturated carbocycles. The van der Waals surface area contributed by atoms with Crippen LogP contribution in [0, 0.1) is 5.82 Å². The molecule has 0 bridgehead atoms. The van der Waals surface area contributed by atoms with Crippen LogP contribution in [0.2, 0.25) is 0 Å². The molecule has 1 aliphatic heterocycles. The van der Waals surface area contributed by atoms with Crippen molar-refractivity contribution in [1.29, 1.82) is 0 Å². The van der Waals surface area contributed by atoms with Gasteiger partial charge in [-0.3, -0.25) is 4.99 Å². The predicted molar refractivity (Wildman–Crippen MR) is 264 cm³/mol. The van der Waals surface area contributed by atoms with Crippen molar-refractivity contribution in [3.8, 4) is 39.3 Å². The number of halogens is 1. The Morgan fingerprint density at radius 3 is 2.06 bits per heavy atom. The van der Waals surface area contributed by atoms with Gasteiger partial charge in [-0.05, 0) is 125 Å². The highest BCUT2D eigenvalue weighted by atomic mass is 19.1. The number of benzene rings is 7. The maximum Gasteiger partial charge on any atom is 0.295 e. The normalized spacial score (nSPS) is 15.0. The Morgan fingerprint density at radius 1 is 0.688 bits per heavy atom. The third kappa shape index (κ3) is 7.00. The maximum absolute atomic E-state index is 14.1. The first kappa shape index (κ1) is 40.9. The maximum atomic E-state index is 14.1. The van der Waals surface area contributed by atoms with E-state index in [4.69, 9.17) is 9.41 Å². The second kappa shape index (κ2) is 16.5. The van der Waals surface area contributed by atoms with Crippen molar-refractivity contribution in [2.75, 3.05) is 0 Å². The van der Waals surface area contributed by atoms with Crippen LogP contribution in [0.3, 0.4) is 0 Å². The molecular formula is C59H53FN3O+. The number of nitrogens with zero attached hydrogens (tertiary/aromatic N) is 3. The summed E-state index contributed by atoms with van der Waals surface area (Å²) in [5.41, 5.74) is 17.9. The molecule has 0 N–H and O–H groups in total. The van der Waals surface area contributed by atoms with Crippen molar-refractivity contribution in [2.24, 2.45) is 12.0 Å². The Hall–Kier alpha value is -7.11. The van der Waals surface area contributed by atoms with Crippen molar-refractivity contribution in [3.63, 3.8) is 0 Å². The summed E-state index contributed by atoms with van der Waals surface area (Å²) in [5, 5.41) is 2.06. The minimum atomic E-state index is -0.251. The third-order valence-electron chi connectivity index (χ3n) is 13.4. The molecule has 316 valence electrons. The van der Waals surface area contributed by atoms with Crippen molar-refractivity contribution in [2.45, 2.75) is 64.3 Å². The van der Waals surface area contributed by atoms with E-state index in [0.29, 0.717) is 0 Å². The fraction of sp³-hybridized carbons (Fsp3) is 0.186. The van der Waals surface area contributed by atoms with Crippen LogP contribution in [0.1, 0.15) is 79.7 Å². The largest absolute Gasteiger partial charge is 0.456 e. The zero-order valence-electron chi connectivity index (χ0n) is 37.3. The molecule has 0 radical (unpaired) electrons. The molecule has 0 amide bonds. The van der Waals surface area contributed by atoms with Gasteiger partial charge in [0, 0.05) is 33.4 Å². The van der Waals surface area contributed by atoms with Gasteiger partial charge < -0.3 is 4.42 Å². The van der Waals surface area contributed by atoms with E-state index in [1.54, 1.807) is 0 Å². The summed E-state index contributed by atoms with van der Waals surface area (Å²) in [7, 11) is 2.21. The number of aryl methyl sites for hydroxylation is 2.